The Kier molecular flexibility index (Phi) is 3.89. The average Bonchev–Trinajstić information content (AvgIpc) is 2.28. The Balaban J connectivity index is 2.36. The second-order valence-electron chi connectivity index (χ2n) is 4.75. The SMILES string of the molecule is CC1=CCCN(c2cc(Br)ccc2C(C)N)C1. The first-order valence-corrected chi connectivity index (χ1v) is 6.83. The van der Waals surface area contributed by atoms with Crippen LogP contribution in [0, 0.1) is 0 Å². The quantitative estimate of drug-likeness (QED) is 0.844. The van der Waals surface area contributed by atoms with Crippen LogP contribution in [0.2, 0.25) is 0 Å². The van der Waals surface area contributed by atoms with E-state index in [2.05, 4.69) is 52.0 Å². The van der Waals surface area contributed by atoms with E-state index in [-0.39, 0.29) is 6.04 Å². The largest absolute Gasteiger partial charge is 0.367 e. The molecule has 1 aromatic rings. The Hall–Kier alpha value is -0.800. The van der Waals surface area contributed by atoms with Gasteiger partial charge in [0.1, 0.15) is 0 Å². The first-order valence-electron chi connectivity index (χ1n) is 6.03. The van der Waals surface area contributed by atoms with Gasteiger partial charge in [0, 0.05) is 29.3 Å². The molecule has 3 heteroatoms. The van der Waals surface area contributed by atoms with Crippen LogP contribution in [-0.4, -0.2) is 13.1 Å². The molecule has 1 aliphatic heterocycles. The van der Waals surface area contributed by atoms with E-state index < -0.39 is 0 Å². The summed E-state index contributed by atoms with van der Waals surface area (Å²) >= 11 is 3.55. The summed E-state index contributed by atoms with van der Waals surface area (Å²) in [5.74, 6) is 0. The van der Waals surface area contributed by atoms with Crippen molar-refractivity contribution in [2.75, 3.05) is 18.0 Å². The second-order valence-corrected chi connectivity index (χ2v) is 5.67. The molecule has 1 unspecified atom stereocenters. The first-order chi connectivity index (χ1) is 8.08. The van der Waals surface area contributed by atoms with Gasteiger partial charge in [-0.25, -0.2) is 0 Å². The van der Waals surface area contributed by atoms with E-state index in [4.69, 9.17) is 5.73 Å². The molecule has 0 radical (unpaired) electrons. The summed E-state index contributed by atoms with van der Waals surface area (Å²) in [7, 11) is 0. The minimum atomic E-state index is 0.0734. The number of benzene rings is 1. The summed E-state index contributed by atoms with van der Waals surface area (Å²) in [5.41, 5.74) is 9.98. The maximum Gasteiger partial charge on any atom is 0.0428 e. The van der Waals surface area contributed by atoms with Crippen molar-refractivity contribution in [3.63, 3.8) is 0 Å². The minimum Gasteiger partial charge on any atom is -0.367 e. The summed E-state index contributed by atoms with van der Waals surface area (Å²) in [6, 6.07) is 6.44. The van der Waals surface area contributed by atoms with E-state index in [1.165, 1.54) is 16.8 Å². The fourth-order valence-corrected chi connectivity index (χ4v) is 2.64. The summed E-state index contributed by atoms with van der Waals surface area (Å²) < 4.78 is 1.11. The number of anilines is 1. The predicted octanol–water partition coefficient (Wildman–Crippen LogP) is 3.63. The topological polar surface area (TPSA) is 29.3 Å². The molecule has 0 saturated carbocycles. The van der Waals surface area contributed by atoms with Crippen molar-refractivity contribution in [3.8, 4) is 0 Å². The van der Waals surface area contributed by atoms with E-state index in [1.807, 2.05) is 6.92 Å². The molecule has 0 spiro atoms. The van der Waals surface area contributed by atoms with E-state index in [1.54, 1.807) is 0 Å². The Morgan fingerprint density at radius 1 is 1.41 bits per heavy atom. The van der Waals surface area contributed by atoms with E-state index in [9.17, 15) is 0 Å². The minimum absolute atomic E-state index is 0.0734. The van der Waals surface area contributed by atoms with Crippen molar-refractivity contribution < 1.29 is 0 Å². The van der Waals surface area contributed by atoms with E-state index in [0.29, 0.717) is 0 Å². The van der Waals surface area contributed by atoms with Crippen molar-refractivity contribution in [1.82, 2.24) is 0 Å². The lowest BCUT2D eigenvalue weighted by Gasteiger charge is -2.31. The van der Waals surface area contributed by atoms with Gasteiger partial charge in [0.15, 0.2) is 0 Å². The Morgan fingerprint density at radius 3 is 2.82 bits per heavy atom. The molecule has 0 aromatic heterocycles. The van der Waals surface area contributed by atoms with Gasteiger partial charge in [-0.1, -0.05) is 33.6 Å². The van der Waals surface area contributed by atoms with Crippen LogP contribution in [0.4, 0.5) is 5.69 Å². The highest BCUT2D eigenvalue weighted by Crippen LogP contribution is 2.30. The highest BCUT2D eigenvalue weighted by molar-refractivity contribution is 9.10. The molecule has 1 aliphatic rings. The molecule has 2 nitrogen and oxygen atoms in total. The lowest BCUT2D eigenvalue weighted by molar-refractivity contribution is 0.760. The Morgan fingerprint density at radius 2 is 2.18 bits per heavy atom. The highest BCUT2D eigenvalue weighted by Gasteiger charge is 2.16. The summed E-state index contributed by atoms with van der Waals surface area (Å²) in [6.07, 6.45) is 3.44. The van der Waals surface area contributed by atoms with Crippen LogP contribution in [0.5, 0.6) is 0 Å². The molecule has 17 heavy (non-hydrogen) atoms. The number of nitrogens with two attached hydrogens (primary N) is 1. The molecular weight excluding hydrogens is 276 g/mol. The fourth-order valence-electron chi connectivity index (χ4n) is 2.29. The molecular formula is C14H19BrN2. The van der Waals surface area contributed by atoms with Gasteiger partial charge in [-0.3, -0.25) is 0 Å². The molecule has 0 fully saturated rings. The molecule has 0 aliphatic carbocycles. The lowest BCUT2D eigenvalue weighted by atomic mass is 10.0. The van der Waals surface area contributed by atoms with Crippen molar-refractivity contribution in [2.24, 2.45) is 5.73 Å². The third-order valence-corrected chi connectivity index (χ3v) is 3.65. The molecule has 0 bridgehead atoms. The van der Waals surface area contributed by atoms with E-state index in [0.717, 1.165) is 24.0 Å². The highest BCUT2D eigenvalue weighted by atomic mass is 79.9. The maximum atomic E-state index is 6.05. The number of hydrogen-bond donors (Lipinski definition) is 1. The van der Waals surface area contributed by atoms with Crippen molar-refractivity contribution in [2.45, 2.75) is 26.3 Å². The van der Waals surface area contributed by atoms with Crippen LogP contribution in [0.1, 0.15) is 31.9 Å². The standard InChI is InChI=1S/C14H19BrN2/c1-10-4-3-7-17(9-10)14-8-12(15)5-6-13(14)11(2)16/h4-6,8,11H,3,7,9,16H2,1-2H3. The van der Waals surface area contributed by atoms with E-state index >= 15 is 0 Å². The average molecular weight is 295 g/mol. The zero-order valence-corrected chi connectivity index (χ0v) is 12.0. The molecule has 0 amide bonds. The third-order valence-electron chi connectivity index (χ3n) is 3.16. The zero-order chi connectivity index (χ0) is 12.4. The number of hydrogen-bond acceptors (Lipinski definition) is 2. The molecule has 92 valence electrons. The Labute approximate surface area is 112 Å². The Bertz CT molecular complexity index is 438. The van der Waals surface area contributed by atoms with Gasteiger partial charge < -0.3 is 10.6 Å². The molecule has 2 rings (SSSR count). The zero-order valence-electron chi connectivity index (χ0n) is 10.4. The summed E-state index contributed by atoms with van der Waals surface area (Å²) in [5, 5.41) is 0. The number of rotatable bonds is 2. The van der Waals surface area contributed by atoms with Crippen molar-refractivity contribution in [3.05, 3.63) is 39.9 Å². The van der Waals surface area contributed by atoms with Gasteiger partial charge in [-0.15, -0.1) is 0 Å². The smallest absolute Gasteiger partial charge is 0.0428 e. The molecule has 2 N–H and O–H groups in total. The van der Waals surface area contributed by atoms with Crippen LogP contribution >= 0.6 is 15.9 Å². The van der Waals surface area contributed by atoms with Gasteiger partial charge in [-0.2, -0.15) is 0 Å². The fraction of sp³-hybridized carbons (Fsp3) is 0.429. The van der Waals surface area contributed by atoms with Crippen LogP contribution in [0.15, 0.2) is 34.3 Å². The van der Waals surface area contributed by atoms with Gasteiger partial charge in [0.05, 0.1) is 0 Å². The molecule has 1 aromatic carbocycles. The van der Waals surface area contributed by atoms with Crippen molar-refractivity contribution >= 4 is 21.6 Å². The monoisotopic (exact) mass is 294 g/mol. The summed E-state index contributed by atoms with van der Waals surface area (Å²) in [4.78, 5) is 2.42. The van der Waals surface area contributed by atoms with Gasteiger partial charge in [0.2, 0.25) is 0 Å². The lowest BCUT2D eigenvalue weighted by Crippen LogP contribution is -2.30. The summed E-state index contributed by atoms with van der Waals surface area (Å²) in [6.45, 7) is 6.32. The van der Waals surface area contributed by atoms with Crippen molar-refractivity contribution in [1.29, 1.82) is 0 Å². The predicted molar refractivity (Wildman–Crippen MR) is 77.3 cm³/mol. The maximum absolute atomic E-state index is 6.05. The molecule has 0 saturated heterocycles. The van der Waals surface area contributed by atoms with Crippen LogP contribution in [-0.2, 0) is 0 Å². The second kappa shape index (κ2) is 5.23. The first kappa shape index (κ1) is 12.7. The molecule has 1 heterocycles. The van der Waals surface area contributed by atoms with Gasteiger partial charge in [-0.05, 0) is 38.0 Å². The van der Waals surface area contributed by atoms with Crippen LogP contribution in [0.3, 0.4) is 0 Å². The third kappa shape index (κ3) is 2.90. The normalized spacial score (nSPS) is 17.9. The van der Waals surface area contributed by atoms with Gasteiger partial charge >= 0.3 is 0 Å². The van der Waals surface area contributed by atoms with Crippen LogP contribution < -0.4 is 10.6 Å². The van der Waals surface area contributed by atoms with Crippen LogP contribution in [0.25, 0.3) is 0 Å². The number of halogens is 1. The number of nitrogens with zero attached hydrogens (tertiary/aromatic N) is 1. The molecule has 1 atom stereocenters. The van der Waals surface area contributed by atoms with Gasteiger partial charge in [0.25, 0.3) is 0 Å².